The first-order valence-corrected chi connectivity index (χ1v) is 5.12. The maximum Gasteiger partial charge on any atom is 0.337 e. The van der Waals surface area contributed by atoms with Crippen LogP contribution < -0.4 is 0 Å². The zero-order chi connectivity index (χ0) is 11.9. The molecule has 2 rings (SSSR count). The molecule has 1 aromatic carbocycles. The molecule has 1 atom stereocenters. The van der Waals surface area contributed by atoms with Gasteiger partial charge in [0, 0.05) is 0 Å². The number of aliphatic hydroxyl groups is 1. The van der Waals surface area contributed by atoms with Gasteiger partial charge in [0.1, 0.15) is 5.60 Å². The van der Waals surface area contributed by atoms with Crippen LogP contribution in [0.25, 0.3) is 5.57 Å². The summed E-state index contributed by atoms with van der Waals surface area (Å²) >= 11 is 0. The largest absolute Gasteiger partial charge is 0.466 e. The molecule has 0 bridgehead atoms. The molecule has 3 heteroatoms. The SMILES string of the molecule is COC(=O)C1=C(C)c2ccccc2C1(C)O. The summed E-state index contributed by atoms with van der Waals surface area (Å²) in [5.74, 6) is -0.473. The van der Waals surface area contributed by atoms with E-state index in [0.717, 1.165) is 16.7 Å². The third-order valence-corrected chi connectivity index (χ3v) is 3.11. The minimum Gasteiger partial charge on any atom is -0.466 e. The minimum absolute atomic E-state index is 0.330. The molecule has 1 aliphatic carbocycles. The second kappa shape index (κ2) is 3.46. The molecule has 0 fully saturated rings. The summed E-state index contributed by atoms with van der Waals surface area (Å²) in [4.78, 5) is 11.7. The van der Waals surface area contributed by atoms with E-state index in [2.05, 4.69) is 0 Å². The minimum atomic E-state index is -1.26. The summed E-state index contributed by atoms with van der Waals surface area (Å²) in [5.41, 5.74) is 1.53. The van der Waals surface area contributed by atoms with Crippen LogP contribution in [0, 0.1) is 0 Å². The molecule has 0 spiro atoms. The Bertz CT molecular complexity index is 484. The van der Waals surface area contributed by atoms with Crippen LogP contribution >= 0.6 is 0 Å². The zero-order valence-corrected chi connectivity index (χ0v) is 9.57. The van der Waals surface area contributed by atoms with Gasteiger partial charge in [-0.15, -0.1) is 0 Å². The number of benzene rings is 1. The van der Waals surface area contributed by atoms with Gasteiger partial charge in [0.25, 0.3) is 0 Å². The highest BCUT2D eigenvalue weighted by Gasteiger charge is 2.42. The van der Waals surface area contributed by atoms with Crippen LogP contribution in [0.2, 0.25) is 0 Å². The fourth-order valence-electron chi connectivity index (χ4n) is 2.32. The molecule has 0 saturated carbocycles. The van der Waals surface area contributed by atoms with E-state index in [-0.39, 0.29) is 0 Å². The highest BCUT2D eigenvalue weighted by atomic mass is 16.5. The maximum absolute atomic E-state index is 11.7. The summed E-state index contributed by atoms with van der Waals surface area (Å²) in [7, 11) is 1.32. The van der Waals surface area contributed by atoms with Crippen LogP contribution in [-0.4, -0.2) is 18.2 Å². The summed E-state index contributed by atoms with van der Waals surface area (Å²) in [5, 5.41) is 10.4. The number of hydrogen-bond donors (Lipinski definition) is 1. The second-order valence-electron chi connectivity index (χ2n) is 4.11. The topological polar surface area (TPSA) is 46.5 Å². The standard InChI is InChI=1S/C13H14O3/c1-8-9-6-4-5-7-10(9)13(2,15)11(8)12(14)16-3/h4-7,15H,1-3H3. The van der Waals surface area contributed by atoms with E-state index in [1.54, 1.807) is 6.92 Å². The van der Waals surface area contributed by atoms with Crippen LogP contribution in [0.3, 0.4) is 0 Å². The van der Waals surface area contributed by atoms with Crippen molar-refractivity contribution in [1.82, 2.24) is 0 Å². The molecule has 1 unspecified atom stereocenters. The van der Waals surface area contributed by atoms with Gasteiger partial charge in [-0.05, 0) is 30.5 Å². The monoisotopic (exact) mass is 218 g/mol. The molecule has 0 saturated heterocycles. The van der Waals surface area contributed by atoms with Crippen molar-refractivity contribution in [2.45, 2.75) is 19.4 Å². The first kappa shape index (κ1) is 10.9. The number of carbonyl (C=O) groups excluding carboxylic acids is 1. The van der Waals surface area contributed by atoms with E-state index < -0.39 is 11.6 Å². The number of ether oxygens (including phenoxy) is 1. The van der Waals surface area contributed by atoms with Crippen molar-refractivity contribution in [3.63, 3.8) is 0 Å². The van der Waals surface area contributed by atoms with Gasteiger partial charge in [-0.3, -0.25) is 0 Å². The fourth-order valence-corrected chi connectivity index (χ4v) is 2.32. The van der Waals surface area contributed by atoms with Gasteiger partial charge in [0.15, 0.2) is 0 Å². The van der Waals surface area contributed by atoms with E-state index >= 15 is 0 Å². The lowest BCUT2D eigenvalue weighted by atomic mass is 9.92. The molecule has 0 heterocycles. The van der Waals surface area contributed by atoms with E-state index in [0.29, 0.717) is 5.57 Å². The Balaban J connectivity index is 2.66. The first-order chi connectivity index (χ1) is 7.50. The molecule has 3 nitrogen and oxygen atoms in total. The average Bonchev–Trinajstić information content (AvgIpc) is 2.47. The van der Waals surface area contributed by atoms with Crippen molar-refractivity contribution < 1.29 is 14.6 Å². The lowest BCUT2D eigenvalue weighted by molar-refractivity contribution is -0.138. The molecular formula is C13H14O3. The van der Waals surface area contributed by atoms with Crippen molar-refractivity contribution in [3.8, 4) is 0 Å². The van der Waals surface area contributed by atoms with Gasteiger partial charge >= 0.3 is 5.97 Å². The number of rotatable bonds is 1. The zero-order valence-electron chi connectivity index (χ0n) is 9.57. The van der Waals surface area contributed by atoms with Gasteiger partial charge < -0.3 is 9.84 Å². The molecule has 0 radical (unpaired) electrons. The molecule has 1 N–H and O–H groups in total. The third kappa shape index (κ3) is 1.28. The average molecular weight is 218 g/mol. The number of carbonyl (C=O) groups is 1. The summed E-state index contributed by atoms with van der Waals surface area (Å²) < 4.78 is 4.71. The Morgan fingerprint density at radius 1 is 1.38 bits per heavy atom. The highest BCUT2D eigenvalue weighted by Crippen LogP contribution is 2.44. The number of allylic oxidation sites excluding steroid dienone is 1. The molecule has 1 aromatic rings. The number of hydrogen-bond acceptors (Lipinski definition) is 3. The number of fused-ring (bicyclic) bond motifs is 1. The lowest BCUT2D eigenvalue weighted by Gasteiger charge is -2.21. The first-order valence-electron chi connectivity index (χ1n) is 5.12. The van der Waals surface area contributed by atoms with Crippen LogP contribution in [0.5, 0.6) is 0 Å². The Morgan fingerprint density at radius 2 is 2.00 bits per heavy atom. The lowest BCUT2D eigenvalue weighted by Crippen LogP contribution is -2.27. The Hall–Kier alpha value is -1.61. The Labute approximate surface area is 94.4 Å². The summed E-state index contributed by atoms with van der Waals surface area (Å²) in [6.07, 6.45) is 0. The summed E-state index contributed by atoms with van der Waals surface area (Å²) in [6.45, 7) is 3.45. The number of esters is 1. The van der Waals surface area contributed by atoms with Crippen molar-refractivity contribution in [2.24, 2.45) is 0 Å². The van der Waals surface area contributed by atoms with Crippen LogP contribution in [0.15, 0.2) is 29.8 Å². The maximum atomic E-state index is 11.7. The van der Waals surface area contributed by atoms with Crippen LogP contribution in [0.1, 0.15) is 25.0 Å². The molecule has 0 aliphatic heterocycles. The van der Waals surface area contributed by atoms with Gasteiger partial charge in [-0.25, -0.2) is 4.79 Å². The smallest absolute Gasteiger partial charge is 0.337 e. The second-order valence-corrected chi connectivity index (χ2v) is 4.11. The fraction of sp³-hybridized carbons (Fsp3) is 0.308. The predicted octanol–water partition coefficient (Wildman–Crippen LogP) is 1.85. The highest BCUT2D eigenvalue weighted by molar-refractivity contribution is 6.02. The molecule has 1 aliphatic rings. The van der Waals surface area contributed by atoms with Gasteiger partial charge in [0.05, 0.1) is 12.7 Å². The molecule has 0 aromatic heterocycles. The molecule has 0 amide bonds. The molecule has 84 valence electrons. The van der Waals surface area contributed by atoms with Crippen molar-refractivity contribution in [3.05, 3.63) is 41.0 Å². The van der Waals surface area contributed by atoms with Crippen LogP contribution in [-0.2, 0) is 15.1 Å². The van der Waals surface area contributed by atoms with E-state index in [4.69, 9.17) is 4.74 Å². The van der Waals surface area contributed by atoms with E-state index in [1.165, 1.54) is 7.11 Å². The van der Waals surface area contributed by atoms with Crippen molar-refractivity contribution in [1.29, 1.82) is 0 Å². The predicted molar refractivity (Wildman–Crippen MR) is 60.6 cm³/mol. The number of methoxy groups -OCH3 is 1. The van der Waals surface area contributed by atoms with Crippen molar-refractivity contribution >= 4 is 11.5 Å². The normalized spacial score (nSPS) is 23.2. The van der Waals surface area contributed by atoms with Crippen LogP contribution in [0.4, 0.5) is 0 Å². The third-order valence-electron chi connectivity index (χ3n) is 3.11. The van der Waals surface area contributed by atoms with E-state index in [1.807, 2.05) is 31.2 Å². The van der Waals surface area contributed by atoms with Gasteiger partial charge in [-0.1, -0.05) is 24.3 Å². The van der Waals surface area contributed by atoms with Gasteiger partial charge in [-0.2, -0.15) is 0 Å². The quantitative estimate of drug-likeness (QED) is 0.732. The van der Waals surface area contributed by atoms with Gasteiger partial charge in [0.2, 0.25) is 0 Å². The Kier molecular flexibility index (Phi) is 2.35. The van der Waals surface area contributed by atoms with Crippen molar-refractivity contribution in [2.75, 3.05) is 7.11 Å². The summed E-state index contributed by atoms with van der Waals surface area (Å²) in [6, 6.07) is 7.46. The van der Waals surface area contributed by atoms with E-state index in [9.17, 15) is 9.90 Å². The molecular weight excluding hydrogens is 204 g/mol. The Morgan fingerprint density at radius 3 is 2.56 bits per heavy atom. The molecule has 16 heavy (non-hydrogen) atoms.